The van der Waals surface area contributed by atoms with E-state index in [1.807, 2.05) is 19.9 Å². The second kappa shape index (κ2) is 9.42. The fourth-order valence-electron chi connectivity index (χ4n) is 3.49. The van der Waals surface area contributed by atoms with Crippen LogP contribution >= 0.6 is 23.2 Å². The number of pyridine rings is 1. The van der Waals surface area contributed by atoms with Gasteiger partial charge in [-0.25, -0.2) is 4.98 Å². The highest BCUT2D eigenvalue weighted by Crippen LogP contribution is 2.38. The lowest BCUT2D eigenvalue weighted by Crippen LogP contribution is -2.49. The zero-order valence-electron chi connectivity index (χ0n) is 15.8. The summed E-state index contributed by atoms with van der Waals surface area (Å²) in [6.45, 7) is 7.75. The molecule has 4 atom stereocenters. The van der Waals surface area contributed by atoms with Crippen LogP contribution in [0.25, 0.3) is 0 Å². The number of halogens is 2. The molecule has 1 heterocycles. The fourth-order valence-corrected chi connectivity index (χ4v) is 3.95. The predicted octanol–water partition coefficient (Wildman–Crippen LogP) is 4.12. The Morgan fingerprint density at radius 2 is 1.59 bits per heavy atom. The zero-order chi connectivity index (χ0) is 20.1. The van der Waals surface area contributed by atoms with E-state index in [0.29, 0.717) is 5.69 Å². The summed E-state index contributed by atoms with van der Waals surface area (Å²) in [7, 11) is 0. The van der Waals surface area contributed by atoms with Gasteiger partial charge in [0.1, 0.15) is 10.3 Å². The number of nitrogens with zero attached hydrogens (tertiary/aromatic N) is 1. The van der Waals surface area contributed by atoms with Gasteiger partial charge >= 0.3 is 11.9 Å². The number of nitrogens with one attached hydrogen (secondary N) is 1. The minimum atomic E-state index is -0.741. The molecule has 1 N–H and O–H groups in total. The summed E-state index contributed by atoms with van der Waals surface area (Å²) < 4.78 is 10.5. The summed E-state index contributed by atoms with van der Waals surface area (Å²) in [5, 5.41) is 3.72. The molecule has 27 heavy (non-hydrogen) atoms. The zero-order valence-corrected chi connectivity index (χ0v) is 17.3. The van der Waals surface area contributed by atoms with Gasteiger partial charge in [-0.15, -0.1) is 0 Å². The van der Waals surface area contributed by atoms with Crippen LogP contribution < -0.4 is 5.32 Å². The molecule has 0 amide bonds. The van der Waals surface area contributed by atoms with Crippen molar-refractivity contribution in [1.29, 1.82) is 0 Å². The Labute approximate surface area is 169 Å². The Kier molecular flexibility index (Phi) is 7.50. The fraction of sp³-hybridized carbons (Fsp3) is 0.526. The Morgan fingerprint density at radius 1 is 1.07 bits per heavy atom. The summed E-state index contributed by atoms with van der Waals surface area (Å²) in [5.74, 6) is -2.42. The number of allylic oxidation sites excluding steroid dienone is 1. The molecule has 0 spiro atoms. The molecule has 0 saturated heterocycles. The summed E-state index contributed by atoms with van der Waals surface area (Å²) in [5.41, 5.74) is 1.52. The normalized spacial score (nSPS) is 24.7. The first-order chi connectivity index (χ1) is 12.8. The number of anilines is 1. The maximum absolute atomic E-state index is 12.8. The number of carbonyl (C=O) groups excluding carboxylic acids is 2. The summed E-state index contributed by atoms with van der Waals surface area (Å²) in [6.07, 6.45) is 1.97. The van der Waals surface area contributed by atoms with E-state index < -0.39 is 29.8 Å². The summed E-state index contributed by atoms with van der Waals surface area (Å²) in [4.78, 5) is 29.3. The maximum atomic E-state index is 12.8. The van der Waals surface area contributed by atoms with Crippen molar-refractivity contribution in [3.05, 3.63) is 34.1 Å². The van der Waals surface area contributed by atoms with Gasteiger partial charge in [0.15, 0.2) is 0 Å². The first kappa shape index (κ1) is 21.5. The minimum Gasteiger partial charge on any atom is -0.466 e. The van der Waals surface area contributed by atoms with Gasteiger partial charge < -0.3 is 14.8 Å². The van der Waals surface area contributed by atoms with Crippen molar-refractivity contribution in [2.45, 2.75) is 33.7 Å². The third kappa shape index (κ3) is 5.14. The highest BCUT2D eigenvalue weighted by atomic mass is 35.5. The van der Waals surface area contributed by atoms with Crippen molar-refractivity contribution in [2.24, 2.45) is 17.8 Å². The average molecular weight is 415 g/mol. The van der Waals surface area contributed by atoms with Crippen LogP contribution in [0.1, 0.15) is 27.7 Å². The molecule has 1 aromatic rings. The van der Waals surface area contributed by atoms with Gasteiger partial charge in [0, 0.05) is 5.69 Å². The van der Waals surface area contributed by atoms with E-state index in [9.17, 15) is 9.59 Å². The molecule has 1 aromatic heterocycles. The van der Waals surface area contributed by atoms with Gasteiger partial charge in [0.05, 0.1) is 31.1 Å². The van der Waals surface area contributed by atoms with E-state index in [0.717, 1.165) is 5.57 Å². The van der Waals surface area contributed by atoms with E-state index in [2.05, 4.69) is 10.3 Å². The van der Waals surface area contributed by atoms with Crippen molar-refractivity contribution in [1.82, 2.24) is 4.98 Å². The lowest BCUT2D eigenvalue weighted by atomic mass is 9.71. The Balaban J connectivity index is 2.44. The smallest absolute Gasteiger partial charge is 0.312 e. The first-order valence-corrected chi connectivity index (χ1v) is 9.65. The molecule has 0 radical (unpaired) electrons. The molecule has 0 fully saturated rings. The van der Waals surface area contributed by atoms with Gasteiger partial charge in [0.2, 0.25) is 0 Å². The second-order valence-electron chi connectivity index (χ2n) is 6.45. The van der Waals surface area contributed by atoms with E-state index in [1.165, 1.54) is 0 Å². The van der Waals surface area contributed by atoms with Crippen molar-refractivity contribution >= 4 is 40.8 Å². The molecule has 0 aromatic carbocycles. The van der Waals surface area contributed by atoms with E-state index in [1.54, 1.807) is 26.0 Å². The van der Waals surface area contributed by atoms with Gasteiger partial charge in [-0.2, -0.15) is 0 Å². The number of carbonyl (C=O) groups is 2. The van der Waals surface area contributed by atoms with Crippen LogP contribution in [0, 0.1) is 17.8 Å². The van der Waals surface area contributed by atoms with Crippen LogP contribution in [0.2, 0.25) is 10.3 Å². The SMILES string of the molecule is CCOC(=O)[C@@H]1[C@H](C(=O)OCC)[C@H](Nc2cc(Cl)nc(Cl)c2)C(C)=C[C@@H]1C. The largest absolute Gasteiger partial charge is 0.466 e. The molecule has 0 unspecified atom stereocenters. The monoisotopic (exact) mass is 414 g/mol. The number of rotatable bonds is 6. The van der Waals surface area contributed by atoms with E-state index in [-0.39, 0.29) is 29.4 Å². The molecule has 0 aliphatic heterocycles. The van der Waals surface area contributed by atoms with Crippen LogP contribution in [0.4, 0.5) is 5.69 Å². The number of hydrogen-bond acceptors (Lipinski definition) is 6. The second-order valence-corrected chi connectivity index (χ2v) is 7.22. The van der Waals surface area contributed by atoms with Gasteiger partial charge in [-0.1, -0.05) is 41.8 Å². The number of aromatic nitrogens is 1. The lowest BCUT2D eigenvalue weighted by Gasteiger charge is -2.38. The third-order valence-corrected chi connectivity index (χ3v) is 4.92. The predicted molar refractivity (Wildman–Crippen MR) is 105 cm³/mol. The Hall–Kier alpha value is -1.79. The van der Waals surface area contributed by atoms with Crippen LogP contribution in [0.15, 0.2) is 23.8 Å². The molecule has 0 bridgehead atoms. The molecule has 148 valence electrons. The quantitative estimate of drug-likeness (QED) is 0.428. The van der Waals surface area contributed by atoms with Crippen molar-refractivity contribution in [2.75, 3.05) is 18.5 Å². The van der Waals surface area contributed by atoms with Gasteiger partial charge in [0.25, 0.3) is 0 Å². The van der Waals surface area contributed by atoms with E-state index in [4.69, 9.17) is 32.7 Å². The van der Waals surface area contributed by atoms with Crippen molar-refractivity contribution < 1.29 is 19.1 Å². The Morgan fingerprint density at radius 3 is 2.11 bits per heavy atom. The highest BCUT2D eigenvalue weighted by Gasteiger charge is 2.47. The highest BCUT2D eigenvalue weighted by molar-refractivity contribution is 6.32. The molecule has 1 aliphatic carbocycles. The molecule has 2 rings (SSSR count). The van der Waals surface area contributed by atoms with Crippen LogP contribution in [0.5, 0.6) is 0 Å². The van der Waals surface area contributed by atoms with Crippen molar-refractivity contribution in [3.8, 4) is 0 Å². The van der Waals surface area contributed by atoms with Crippen molar-refractivity contribution in [3.63, 3.8) is 0 Å². The molecule has 1 aliphatic rings. The lowest BCUT2D eigenvalue weighted by molar-refractivity contribution is -0.162. The molecular formula is C19H24Cl2N2O4. The average Bonchev–Trinajstić information content (AvgIpc) is 2.56. The molecular weight excluding hydrogens is 391 g/mol. The van der Waals surface area contributed by atoms with Crippen LogP contribution in [-0.2, 0) is 19.1 Å². The maximum Gasteiger partial charge on any atom is 0.312 e. The topological polar surface area (TPSA) is 77.5 Å². The number of hydrogen-bond donors (Lipinski definition) is 1. The minimum absolute atomic E-state index is 0.166. The molecule has 0 saturated carbocycles. The van der Waals surface area contributed by atoms with Crippen LogP contribution in [-0.4, -0.2) is 36.2 Å². The molecule has 6 nitrogen and oxygen atoms in total. The molecule has 8 heteroatoms. The Bertz CT molecular complexity index is 718. The van der Waals surface area contributed by atoms with Gasteiger partial charge in [-0.05, 0) is 38.8 Å². The first-order valence-electron chi connectivity index (χ1n) is 8.89. The van der Waals surface area contributed by atoms with E-state index >= 15 is 0 Å². The third-order valence-electron chi connectivity index (χ3n) is 4.53. The standard InChI is InChI=1S/C19H24Cl2N2O4/c1-5-26-18(24)15-10(3)7-11(4)17(16(15)19(25)27-6-2)22-12-8-13(20)23-14(21)9-12/h7-10,15-17H,5-6H2,1-4H3,(H,22,23)/t10-,15-,16-,17+/m0/s1. The number of ether oxygens (including phenoxy) is 2. The number of esters is 2. The summed E-state index contributed by atoms with van der Waals surface area (Å²) >= 11 is 12.0. The summed E-state index contributed by atoms with van der Waals surface area (Å²) in [6, 6.07) is 2.75. The van der Waals surface area contributed by atoms with Crippen LogP contribution in [0.3, 0.4) is 0 Å². The van der Waals surface area contributed by atoms with Gasteiger partial charge in [-0.3, -0.25) is 9.59 Å².